The predicted octanol–water partition coefficient (Wildman–Crippen LogP) is 2.89. The van der Waals surface area contributed by atoms with E-state index in [0.717, 1.165) is 29.4 Å². The minimum Gasteiger partial charge on any atom is -0.312 e. The standard InChI is InChI=1S/C14H17NO/c1-4-13-10(3)11-8-6-7-9-12(11)14(16)15(13)5-2/h6-9H,4-5H2,1-3H3. The Bertz CT molecular complexity index is 581. The molecule has 0 radical (unpaired) electrons. The molecule has 1 aromatic heterocycles. The van der Waals surface area contributed by atoms with Crippen LogP contribution in [0.15, 0.2) is 29.1 Å². The molecule has 2 rings (SSSR count). The third-order valence-corrected chi connectivity index (χ3v) is 3.22. The van der Waals surface area contributed by atoms with E-state index in [0.29, 0.717) is 0 Å². The van der Waals surface area contributed by atoms with Gasteiger partial charge >= 0.3 is 0 Å². The van der Waals surface area contributed by atoms with E-state index in [-0.39, 0.29) is 5.56 Å². The summed E-state index contributed by atoms with van der Waals surface area (Å²) in [6.07, 6.45) is 0.903. The number of nitrogens with zero attached hydrogens (tertiary/aromatic N) is 1. The summed E-state index contributed by atoms with van der Waals surface area (Å²) in [5.41, 5.74) is 2.53. The molecule has 0 spiro atoms. The van der Waals surface area contributed by atoms with Crippen molar-refractivity contribution >= 4 is 10.8 Å². The van der Waals surface area contributed by atoms with Gasteiger partial charge in [0.2, 0.25) is 0 Å². The third-order valence-electron chi connectivity index (χ3n) is 3.22. The number of aryl methyl sites for hydroxylation is 1. The fourth-order valence-electron chi connectivity index (χ4n) is 2.41. The van der Waals surface area contributed by atoms with Gasteiger partial charge in [-0.05, 0) is 37.3 Å². The molecule has 0 aliphatic heterocycles. The minimum absolute atomic E-state index is 0.139. The Hall–Kier alpha value is -1.57. The van der Waals surface area contributed by atoms with Crippen molar-refractivity contribution in [3.8, 4) is 0 Å². The van der Waals surface area contributed by atoms with Gasteiger partial charge in [-0.25, -0.2) is 0 Å². The summed E-state index contributed by atoms with van der Waals surface area (Å²) in [5, 5.41) is 1.92. The van der Waals surface area contributed by atoms with Crippen LogP contribution in [0.2, 0.25) is 0 Å². The van der Waals surface area contributed by atoms with Crippen LogP contribution in [0, 0.1) is 6.92 Å². The van der Waals surface area contributed by atoms with Crippen molar-refractivity contribution in [3.05, 3.63) is 45.9 Å². The van der Waals surface area contributed by atoms with E-state index in [9.17, 15) is 4.79 Å². The van der Waals surface area contributed by atoms with Crippen molar-refractivity contribution in [2.24, 2.45) is 0 Å². The van der Waals surface area contributed by atoms with Crippen molar-refractivity contribution in [1.29, 1.82) is 0 Å². The Morgan fingerprint density at radius 2 is 1.75 bits per heavy atom. The Kier molecular flexibility index (Phi) is 2.82. The molecule has 0 fully saturated rings. The van der Waals surface area contributed by atoms with Gasteiger partial charge in [-0.2, -0.15) is 0 Å². The zero-order valence-corrected chi connectivity index (χ0v) is 10.1. The average molecular weight is 215 g/mol. The Balaban J connectivity index is 2.99. The number of hydrogen-bond donors (Lipinski definition) is 0. The Morgan fingerprint density at radius 1 is 1.12 bits per heavy atom. The van der Waals surface area contributed by atoms with Crippen molar-refractivity contribution in [2.45, 2.75) is 33.7 Å². The first kappa shape index (κ1) is 10.9. The van der Waals surface area contributed by atoms with E-state index < -0.39 is 0 Å². The van der Waals surface area contributed by atoms with Crippen molar-refractivity contribution in [1.82, 2.24) is 4.57 Å². The third kappa shape index (κ3) is 1.45. The zero-order valence-electron chi connectivity index (χ0n) is 10.1. The smallest absolute Gasteiger partial charge is 0.258 e. The van der Waals surface area contributed by atoms with E-state index in [1.54, 1.807) is 0 Å². The number of benzene rings is 1. The van der Waals surface area contributed by atoms with E-state index in [1.165, 1.54) is 5.56 Å². The molecular formula is C14H17NO. The van der Waals surface area contributed by atoms with Crippen LogP contribution in [-0.2, 0) is 13.0 Å². The number of rotatable bonds is 2. The van der Waals surface area contributed by atoms with Gasteiger partial charge in [-0.3, -0.25) is 4.79 Å². The lowest BCUT2D eigenvalue weighted by Crippen LogP contribution is -2.24. The summed E-state index contributed by atoms with van der Waals surface area (Å²) in [6, 6.07) is 7.86. The summed E-state index contributed by atoms with van der Waals surface area (Å²) in [6.45, 7) is 6.97. The Labute approximate surface area is 95.5 Å². The lowest BCUT2D eigenvalue weighted by atomic mass is 10.0. The summed E-state index contributed by atoms with van der Waals surface area (Å²) < 4.78 is 1.89. The zero-order chi connectivity index (χ0) is 11.7. The molecule has 16 heavy (non-hydrogen) atoms. The summed E-state index contributed by atoms with van der Waals surface area (Å²) in [4.78, 5) is 12.3. The number of fused-ring (bicyclic) bond motifs is 1. The molecule has 1 heterocycles. The molecule has 84 valence electrons. The molecule has 0 atom stereocenters. The second kappa shape index (κ2) is 4.12. The molecule has 0 saturated carbocycles. The maximum atomic E-state index is 12.3. The summed E-state index contributed by atoms with van der Waals surface area (Å²) in [7, 11) is 0. The first-order valence-corrected chi connectivity index (χ1v) is 5.81. The topological polar surface area (TPSA) is 22.0 Å². The van der Waals surface area contributed by atoms with Crippen molar-refractivity contribution in [2.75, 3.05) is 0 Å². The fourth-order valence-corrected chi connectivity index (χ4v) is 2.41. The van der Waals surface area contributed by atoms with Crippen LogP contribution in [0.1, 0.15) is 25.1 Å². The molecule has 0 aliphatic carbocycles. The van der Waals surface area contributed by atoms with Gasteiger partial charge in [0, 0.05) is 17.6 Å². The molecule has 0 N–H and O–H groups in total. The highest BCUT2D eigenvalue weighted by Gasteiger charge is 2.10. The fraction of sp³-hybridized carbons (Fsp3) is 0.357. The van der Waals surface area contributed by atoms with Crippen LogP contribution in [0.5, 0.6) is 0 Å². The van der Waals surface area contributed by atoms with Crippen LogP contribution >= 0.6 is 0 Å². The van der Waals surface area contributed by atoms with E-state index in [4.69, 9.17) is 0 Å². The van der Waals surface area contributed by atoms with Crippen LogP contribution in [0.4, 0.5) is 0 Å². The molecule has 1 aromatic carbocycles. The van der Waals surface area contributed by atoms with Crippen LogP contribution in [0.25, 0.3) is 10.8 Å². The molecular weight excluding hydrogens is 198 g/mol. The second-order valence-corrected chi connectivity index (χ2v) is 4.02. The van der Waals surface area contributed by atoms with Crippen molar-refractivity contribution in [3.63, 3.8) is 0 Å². The van der Waals surface area contributed by atoms with Crippen LogP contribution in [0.3, 0.4) is 0 Å². The molecule has 0 amide bonds. The second-order valence-electron chi connectivity index (χ2n) is 4.02. The molecule has 2 heteroatoms. The molecule has 0 bridgehead atoms. The van der Waals surface area contributed by atoms with Crippen LogP contribution < -0.4 is 5.56 Å². The number of aromatic nitrogens is 1. The van der Waals surface area contributed by atoms with E-state index in [2.05, 4.69) is 13.8 Å². The maximum Gasteiger partial charge on any atom is 0.258 e. The SMILES string of the molecule is CCc1c(C)c2ccccc2c(=O)n1CC. The lowest BCUT2D eigenvalue weighted by Gasteiger charge is -2.15. The largest absolute Gasteiger partial charge is 0.312 e. The lowest BCUT2D eigenvalue weighted by molar-refractivity contribution is 0.683. The summed E-state index contributed by atoms with van der Waals surface area (Å²) in [5.74, 6) is 0. The first-order valence-electron chi connectivity index (χ1n) is 5.81. The highest BCUT2D eigenvalue weighted by molar-refractivity contribution is 5.85. The normalized spacial score (nSPS) is 10.9. The average Bonchev–Trinajstić information content (AvgIpc) is 2.33. The number of pyridine rings is 1. The van der Waals surface area contributed by atoms with Gasteiger partial charge in [0.05, 0.1) is 0 Å². The summed E-state index contributed by atoms with van der Waals surface area (Å²) >= 11 is 0. The highest BCUT2D eigenvalue weighted by Crippen LogP contribution is 2.18. The highest BCUT2D eigenvalue weighted by atomic mass is 16.1. The first-order chi connectivity index (χ1) is 7.70. The van der Waals surface area contributed by atoms with Gasteiger partial charge < -0.3 is 4.57 Å². The van der Waals surface area contributed by atoms with Gasteiger partial charge in [0.15, 0.2) is 0 Å². The van der Waals surface area contributed by atoms with Gasteiger partial charge in [0.25, 0.3) is 5.56 Å². The molecule has 2 aromatic rings. The van der Waals surface area contributed by atoms with E-state index in [1.807, 2.05) is 35.8 Å². The molecule has 0 saturated heterocycles. The molecule has 0 unspecified atom stereocenters. The minimum atomic E-state index is 0.139. The monoisotopic (exact) mass is 215 g/mol. The predicted molar refractivity (Wildman–Crippen MR) is 68.0 cm³/mol. The van der Waals surface area contributed by atoms with Crippen LogP contribution in [-0.4, -0.2) is 4.57 Å². The van der Waals surface area contributed by atoms with Gasteiger partial charge in [0.1, 0.15) is 0 Å². The van der Waals surface area contributed by atoms with E-state index >= 15 is 0 Å². The Morgan fingerprint density at radius 3 is 2.31 bits per heavy atom. The van der Waals surface area contributed by atoms with Gasteiger partial charge in [-0.15, -0.1) is 0 Å². The quantitative estimate of drug-likeness (QED) is 0.755. The van der Waals surface area contributed by atoms with Crippen molar-refractivity contribution < 1.29 is 0 Å². The maximum absolute atomic E-state index is 12.3. The molecule has 2 nitrogen and oxygen atoms in total. The van der Waals surface area contributed by atoms with Gasteiger partial charge in [-0.1, -0.05) is 25.1 Å². The molecule has 0 aliphatic rings. The number of hydrogen-bond acceptors (Lipinski definition) is 1.